The van der Waals surface area contributed by atoms with E-state index in [2.05, 4.69) is 25.9 Å². The molecular formula is C9H6BrClN2S2. The first-order chi connectivity index (χ1) is 7.15. The van der Waals surface area contributed by atoms with Crippen LogP contribution in [-0.4, -0.2) is 9.97 Å². The van der Waals surface area contributed by atoms with Crippen LogP contribution in [0.25, 0.3) is 0 Å². The van der Waals surface area contributed by atoms with Gasteiger partial charge in [-0.1, -0.05) is 11.6 Å². The number of thiazole rings is 1. The zero-order valence-electron chi connectivity index (χ0n) is 7.70. The number of halogens is 2. The molecule has 0 saturated heterocycles. The van der Waals surface area contributed by atoms with E-state index in [1.165, 1.54) is 11.8 Å². The molecule has 0 unspecified atom stereocenters. The molecule has 0 aliphatic heterocycles. The number of pyridine rings is 1. The molecule has 0 amide bonds. The highest BCUT2D eigenvalue weighted by atomic mass is 79.9. The summed E-state index contributed by atoms with van der Waals surface area (Å²) in [6, 6.07) is 1.83. The van der Waals surface area contributed by atoms with Crippen molar-refractivity contribution in [3.8, 4) is 0 Å². The summed E-state index contributed by atoms with van der Waals surface area (Å²) in [7, 11) is 0. The van der Waals surface area contributed by atoms with Gasteiger partial charge in [-0.2, -0.15) is 0 Å². The van der Waals surface area contributed by atoms with Gasteiger partial charge in [0.15, 0.2) is 4.34 Å². The highest BCUT2D eigenvalue weighted by Crippen LogP contribution is 2.34. The summed E-state index contributed by atoms with van der Waals surface area (Å²) in [5.41, 5.74) is 1.03. The summed E-state index contributed by atoms with van der Waals surface area (Å²) in [6.07, 6.45) is 1.63. The Kier molecular flexibility index (Phi) is 3.66. The van der Waals surface area contributed by atoms with Crippen LogP contribution in [0.5, 0.6) is 0 Å². The Morgan fingerprint density at radius 1 is 1.53 bits per heavy atom. The third kappa shape index (κ3) is 2.93. The van der Waals surface area contributed by atoms with Crippen LogP contribution in [0.4, 0.5) is 0 Å². The van der Waals surface area contributed by atoms with Gasteiger partial charge in [0.05, 0.1) is 9.50 Å². The summed E-state index contributed by atoms with van der Waals surface area (Å²) in [6.45, 7) is 1.98. The first-order valence-electron chi connectivity index (χ1n) is 4.06. The zero-order chi connectivity index (χ0) is 10.8. The molecule has 6 heteroatoms. The topological polar surface area (TPSA) is 25.8 Å². The third-order valence-electron chi connectivity index (χ3n) is 1.56. The van der Waals surface area contributed by atoms with E-state index in [0.717, 1.165) is 19.5 Å². The molecule has 0 aliphatic rings. The van der Waals surface area contributed by atoms with Gasteiger partial charge >= 0.3 is 0 Å². The zero-order valence-corrected chi connectivity index (χ0v) is 11.7. The molecule has 0 saturated carbocycles. The van der Waals surface area contributed by atoms with Gasteiger partial charge in [-0.25, -0.2) is 9.97 Å². The average molecular weight is 322 g/mol. The van der Waals surface area contributed by atoms with Crippen molar-refractivity contribution in [2.45, 2.75) is 16.3 Å². The van der Waals surface area contributed by atoms with Crippen LogP contribution < -0.4 is 0 Å². The molecule has 0 aliphatic carbocycles. The number of hydrogen-bond donors (Lipinski definition) is 0. The first-order valence-corrected chi connectivity index (χ1v) is 6.93. The number of hydrogen-bond acceptors (Lipinski definition) is 4. The maximum Gasteiger partial charge on any atom is 0.156 e. The van der Waals surface area contributed by atoms with Gasteiger partial charge in [-0.05, 0) is 40.7 Å². The third-order valence-corrected chi connectivity index (χ3v) is 4.70. The molecule has 0 bridgehead atoms. The smallest absolute Gasteiger partial charge is 0.156 e. The van der Waals surface area contributed by atoms with Gasteiger partial charge in [-0.15, -0.1) is 11.3 Å². The molecule has 0 spiro atoms. The number of aryl methyl sites for hydroxylation is 1. The lowest BCUT2D eigenvalue weighted by Crippen LogP contribution is -1.81. The highest BCUT2D eigenvalue weighted by Gasteiger charge is 2.07. The Hall–Kier alpha value is -0.100. The second-order valence-electron chi connectivity index (χ2n) is 2.80. The Morgan fingerprint density at radius 3 is 2.93 bits per heavy atom. The highest BCUT2D eigenvalue weighted by molar-refractivity contribution is 9.10. The molecule has 0 atom stereocenters. The van der Waals surface area contributed by atoms with Crippen LogP contribution in [-0.2, 0) is 0 Å². The predicted octanol–water partition coefficient (Wildman–Crippen LogP) is 4.41. The van der Waals surface area contributed by atoms with E-state index in [4.69, 9.17) is 11.6 Å². The fourth-order valence-corrected chi connectivity index (χ4v) is 3.53. The molecule has 2 aromatic rings. The maximum atomic E-state index is 5.81. The van der Waals surface area contributed by atoms with E-state index < -0.39 is 0 Å². The molecule has 0 radical (unpaired) electrons. The molecule has 15 heavy (non-hydrogen) atoms. The fourth-order valence-electron chi connectivity index (χ4n) is 0.939. The SMILES string of the molecule is Cc1csc(Sc2ncc(Cl)cc2Br)n1. The lowest BCUT2D eigenvalue weighted by atomic mass is 10.5. The van der Waals surface area contributed by atoms with Gasteiger partial charge in [0, 0.05) is 17.3 Å². The summed E-state index contributed by atoms with van der Waals surface area (Å²) in [5.74, 6) is 0. The van der Waals surface area contributed by atoms with Crippen molar-refractivity contribution in [1.29, 1.82) is 0 Å². The Balaban J connectivity index is 2.24. The van der Waals surface area contributed by atoms with Crippen LogP contribution in [0.1, 0.15) is 5.69 Å². The Labute approximate surface area is 109 Å². The normalized spacial score (nSPS) is 10.6. The molecule has 2 heterocycles. The van der Waals surface area contributed by atoms with Gasteiger partial charge < -0.3 is 0 Å². The average Bonchev–Trinajstić information content (AvgIpc) is 2.56. The fraction of sp³-hybridized carbons (Fsp3) is 0.111. The summed E-state index contributed by atoms with van der Waals surface area (Å²) < 4.78 is 1.89. The van der Waals surface area contributed by atoms with E-state index >= 15 is 0 Å². The predicted molar refractivity (Wildman–Crippen MR) is 67.9 cm³/mol. The molecule has 2 rings (SSSR count). The summed E-state index contributed by atoms with van der Waals surface area (Å²) in [5, 5.41) is 3.53. The maximum absolute atomic E-state index is 5.81. The largest absolute Gasteiger partial charge is 0.247 e. The first kappa shape index (κ1) is 11.4. The van der Waals surface area contributed by atoms with Crippen LogP contribution >= 0.6 is 50.6 Å². The quantitative estimate of drug-likeness (QED) is 0.819. The van der Waals surface area contributed by atoms with E-state index in [9.17, 15) is 0 Å². The van der Waals surface area contributed by atoms with Gasteiger partial charge in [0.1, 0.15) is 5.03 Å². The van der Waals surface area contributed by atoms with Crippen LogP contribution in [0.3, 0.4) is 0 Å². The van der Waals surface area contributed by atoms with Crippen LogP contribution in [0.2, 0.25) is 5.02 Å². The van der Waals surface area contributed by atoms with Gasteiger partial charge in [0.25, 0.3) is 0 Å². The monoisotopic (exact) mass is 320 g/mol. The van der Waals surface area contributed by atoms with Gasteiger partial charge in [0.2, 0.25) is 0 Å². The van der Waals surface area contributed by atoms with Crippen molar-refractivity contribution < 1.29 is 0 Å². The lowest BCUT2D eigenvalue weighted by Gasteiger charge is -2.00. The molecule has 78 valence electrons. The van der Waals surface area contributed by atoms with Crippen molar-refractivity contribution in [3.63, 3.8) is 0 Å². The van der Waals surface area contributed by atoms with E-state index in [0.29, 0.717) is 5.02 Å². The standard InChI is InChI=1S/C9H6BrClN2S2/c1-5-4-14-9(13-5)15-8-7(10)2-6(11)3-12-8/h2-4H,1H3. The van der Waals surface area contributed by atoms with Crippen LogP contribution in [0, 0.1) is 6.92 Å². The Bertz CT molecular complexity index is 487. The lowest BCUT2D eigenvalue weighted by molar-refractivity contribution is 1.09. The van der Waals surface area contributed by atoms with E-state index in [1.807, 2.05) is 18.4 Å². The van der Waals surface area contributed by atoms with Crippen molar-refractivity contribution in [2.24, 2.45) is 0 Å². The molecule has 0 N–H and O–H groups in total. The number of aromatic nitrogens is 2. The van der Waals surface area contributed by atoms with Crippen molar-refractivity contribution in [2.75, 3.05) is 0 Å². The van der Waals surface area contributed by atoms with Crippen molar-refractivity contribution >= 4 is 50.6 Å². The summed E-state index contributed by atoms with van der Waals surface area (Å²) >= 11 is 12.4. The minimum atomic E-state index is 0.626. The van der Waals surface area contributed by atoms with E-state index in [-0.39, 0.29) is 0 Å². The second kappa shape index (κ2) is 4.82. The van der Waals surface area contributed by atoms with Gasteiger partial charge in [-0.3, -0.25) is 0 Å². The molecule has 0 fully saturated rings. The Morgan fingerprint density at radius 2 is 2.33 bits per heavy atom. The minimum absolute atomic E-state index is 0.626. The van der Waals surface area contributed by atoms with Crippen molar-refractivity contribution in [3.05, 3.63) is 32.8 Å². The van der Waals surface area contributed by atoms with Crippen molar-refractivity contribution in [1.82, 2.24) is 9.97 Å². The molecule has 0 aromatic carbocycles. The number of rotatable bonds is 2. The summed E-state index contributed by atoms with van der Waals surface area (Å²) in [4.78, 5) is 8.59. The van der Waals surface area contributed by atoms with Crippen LogP contribution in [0.15, 0.2) is 31.5 Å². The molecule has 2 nitrogen and oxygen atoms in total. The molecule has 2 aromatic heterocycles. The minimum Gasteiger partial charge on any atom is -0.247 e. The molecular weight excluding hydrogens is 316 g/mol. The number of nitrogens with zero attached hydrogens (tertiary/aromatic N) is 2. The van der Waals surface area contributed by atoms with E-state index in [1.54, 1.807) is 17.5 Å². The second-order valence-corrected chi connectivity index (χ2v) is 6.18.